The molecule has 80 valence electrons. The van der Waals surface area contributed by atoms with Crippen LogP contribution in [-0.4, -0.2) is 33.7 Å². The minimum absolute atomic E-state index is 0.326. The van der Waals surface area contributed by atoms with Gasteiger partial charge in [0.05, 0.1) is 5.41 Å². The summed E-state index contributed by atoms with van der Waals surface area (Å²) in [7, 11) is 1.93. The van der Waals surface area contributed by atoms with E-state index in [1.807, 2.05) is 17.8 Å². The zero-order chi connectivity index (χ0) is 10.6. The molecule has 0 spiro atoms. The summed E-state index contributed by atoms with van der Waals surface area (Å²) in [5, 5.41) is 9.14. The monoisotopic (exact) mass is 207 g/mol. The number of carboxylic acids is 1. The van der Waals surface area contributed by atoms with Crippen molar-refractivity contribution in [2.45, 2.75) is 6.42 Å². The minimum Gasteiger partial charge on any atom is -0.481 e. The summed E-state index contributed by atoms with van der Waals surface area (Å²) < 4.78 is 1.93. The fourth-order valence-electron chi connectivity index (χ4n) is 2.63. The Morgan fingerprint density at radius 3 is 3.07 bits per heavy atom. The lowest BCUT2D eigenvalue weighted by atomic mass is 10.1. The third kappa shape index (κ3) is 1.03. The number of piperidine rings is 1. The highest BCUT2D eigenvalue weighted by atomic mass is 16.4. The van der Waals surface area contributed by atoms with Crippen molar-refractivity contribution >= 4 is 11.9 Å². The van der Waals surface area contributed by atoms with E-state index in [4.69, 9.17) is 5.11 Å². The van der Waals surface area contributed by atoms with Crippen molar-refractivity contribution in [2.24, 2.45) is 18.4 Å². The second kappa shape index (κ2) is 2.53. The molecule has 1 aromatic rings. The van der Waals surface area contributed by atoms with E-state index in [1.54, 1.807) is 6.20 Å². The summed E-state index contributed by atoms with van der Waals surface area (Å²) in [6, 6.07) is 0. The predicted octanol–water partition coefficient (Wildman–Crippen LogP) is 0.331. The second-order valence-electron chi connectivity index (χ2n) is 4.58. The third-order valence-electron chi connectivity index (χ3n) is 3.65. The Kier molecular flexibility index (Phi) is 1.48. The molecule has 1 N–H and O–H groups in total. The van der Waals surface area contributed by atoms with Crippen molar-refractivity contribution < 1.29 is 9.90 Å². The van der Waals surface area contributed by atoms with E-state index in [9.17, 15) is 4.79 Å². The molecule has 2 fully saturated rings. The van der Waals surface area contributed by atoms with Crippen LogP contribution in [0.4, 0.5) is 5.95 Å². The summed E-state index contributed by atoms with van der Waals surface area (Å²) in [6.45, 7) is 1.44. The highest BCUT2D eigenvalue weighted by molar-refractivity contribution is 5.81. The predicted molar refractivity (Wildman–Crippen MR) is 53.6 cm³/mol. The fraction of sp³-hybridized carbons (Fsp3) is 0.600. The van der Waals surface area contributed by atoms with E-state index in [-0.39, 0.29) is 0 Å². The topological polar surface area (TPSA) is 58.4 Å². The number of fused-ring (bicyclic) bond motifs is 1. The number of anilines is 1. The van der Waals surface area contributed by atoms with Gasteiger partial charge in [-0.25, -0.2) is 4.98 Å². The van der Waals surface area contributed by atoms with Crippen molar-refractivity contribution in [3.8, 4) is 0 Å². The lowest BCUT2D eigenvalue weighted by Gasteiger charge is -2.20. The first-order valence-corrected chi connectivity index (χ1v) is 5.09. The average Bonchev–Trinajstić information content (AvgIpc) is 2.59. The maximum absolute atomic E-state index is 11.1. The van der Waals surface area contributed by atoms with Gasteiger partial charge in [-0.2, -0.15) is 0 Å². The highest BCUT2D eigenvalue weighted by Crippen LogP contribution is 2.58. The van der Waals surface area contributed by atoms with Gasteiger partial charge in [-0.3, -0.25) is 4.79 Å². The smallest absolute Gasteiger partial charge is 0.311 e. The number of carboxylic acid groups (broad SMARTS) is 1. The molecular weight excluding hydrogens is 194 g/mol. The number of aryl methyl sites for hydroxylation is 1. The van der Waals surface area contributed by atoms with Crippen LogP contribution < -0.4 is 4.90 Å². The van der Waals surface area contributed by atoms with Crippen molar-refractivity contribution in [3.05, 3.63) is 12.4 Å². The first-order valence-electron chi connectivity index (χ1n) is 5.09. The number of aliphatic carboxylic acids is 1. The number of aromatic nitrogens is 2. The van der Waals surface area contributed by atoms with Crippen LogP contribution in [0, 0.1) is 11.3 Å². The fourth-order valence-corrected chi connectivity index (χ4v) is 2.63. The number of carbonyl (C=O) groups is 1. The third-order valence-corrected chi connectivity index (χ3v) is 3.65. The van der Waals surface area contributed by atoms with Gasteiger partial charge in [0.15, 0.2) is 0 Å². The van der Waals surface area contributed by atoms with Crippen LogP contribution in [0.1, 0.15) is 6.42 Å². The molecule has 1 saturated carbocycles. The Bertz CT molecular complexity index is 428. The zero-order valence-corrected chi connectivity index (χ0v) is 8.55. The molecule has 0 bridgehead atoms. The first kappa shape index (κ1) is 8.76. The maximum atomic E-state index is 11.1. The molecule has 0 amide bonds. The molecule has 2 unspecified atom stereocenters. The maximum Gasteiger partial charge on any atom is 0.311 e. The van der Waals surface area contributed by atoms with Gasteiger partial charge in [0, 0.05) is 32.5 Å². The van der Waals surface area contributed by atoms with Crippen molar-refractivity contribution in [1.29, 1.82) is 0 Å². The Hall–Kier alpha value is -1.52. The Balaban J connectivity index is 1.84. The molecule has 5 heteroatoms. The molecule has 2 heterocycles. The molecule has 15 heavy (non-hydrogen) atoms. The molecule has 1 saturated heterocycles. The minimum atomic E-state index is -0.649. The van der Waals surface area contributed by atoms with Crippen LogP contribution in [0.5, 0.6) is 0 Å². The lowest BCUT2D eigenvalue weighted by molar-refractivity contribution is -0.143. The molecule has 2 atom stereocenters. The van der Waals surface area contributed by atoms with E-state index in [0.717, 1.165) is 18.9 Å². The van der Waals surface area contributed by atoms with Crippen LogP contribution in [-0.2, 0) is 11.8 Å². The van der Waals surface area contributed by atoms with Crippen LogP contribution in [0.3, 0.4) is 0 Å². The molecule has 1 aliphatic carbocycles. The van der Waals surface area contributed by atoms with Gasteiger partial charge in [0.25, 0.3) is 0 Å². The zero-order valence-electron chi connectivity index (χ0n) is 8.55. The van der Waals surface area contributed by atoms with Gasteiger partial charge in [-0.15, -0.1) is 0 Å². The number of rotatable bonds is 2. The highest BCUT2D eigenvalue weighted by Gasteiger charge is 2.65. The molecule has 1 aliphatic heterocycles. The van der Waals surface area contributed by atoms with Crippen molar-refractivity contribution in [1.82, 2.24) is 9.55 Å². The summed E-state index contributed by atoms with van der Waals surface area (Å²) in [5.74, 6) is 0.554. The Labute approximate surface area is 87.3 Å². The van der Waals surface area contributed by atoms with Gasteiger partial charge in [-0.05, 0) is 12.3 Å². The molecule has 5 nitrogen and oxygen atoms in total. The quantitative estimate of drug-likeness (QED) is 0.759. The summed E-state index contributed by atoms with van der Waals surface area (Å²) in [4.78, 5) is 17.4. The van der Waals surface area contributed by atoms with E-state index in [0.29, 0.717) is 12.5 Å². The summed E-state index contributed by atoms with van der Waals surface area (Å²) >= 11 is 0. The van der Waals surface area contributed by atoms with Gasteiger partial charge >= 0.3 is 5.97 Å². The van der Waals surface area contributed by atoms with Crippen LogP contribution >= 0.6 is 0 Å². The van der Waals surface area contributed by atoms with Crippen LogP contribution in [0.2, 0.25) is 0 Å². The van der Waals surface area contributed by atoms with Crippen LogP contribution in [0.15, 0.2) is 12.4 Å². The average molecular weight is 207 g/mol. The number of imidazole rings is 1. The Morgan fingerprint density at radius 2 is 2.53 bits per heavy atom. The molecule has 1 aromatic heterocycles. The number of nitrogens with zero attached hydrogens (tertiary/aromatic N) is 3. The summed E-state index contributed by atoms with van der Waals surface area (Å²) in [5.41, 5.74) is -0.466. The molecule has 3 rings (SSSR count). The number of hydrogen-bond acceptors (Lipinski definition) is 3. The first-order chi connectivity index (χ1) is 7.13. The van der Waals surface area contributed by atoms with E-state index >= 15 is 0 Å². The Morgan fingerprint density at radius 1 is 1.73 bits per heavy atom. The van der Waals surface area contributed by atoms with E-state index < -0.39 is 11.4 Å². The van der Waals surface area contributed by atoms with E-state index in [1.165, 1.54) is 0 Å². The normalized spacial score (nSPS) is 32.9. The van der Waals surface area contributed by atoms with Gasteiger partial charge in [0.2, 0.25) is 5.95 Å². The summed E-state index contributed by atoms with van der Waals surface area (Å²) in [6.07, 6.45) is 4.46. The molecule has 0 radical (unpaired) electrons. The molecule has 0 aromatic carbocycles. The van der Waals surface area contributed by atoms with Gasteiger partial charge < -0.3 is 14.6 Å². The van der Waals surface area contributed by atoms with E-state index in [2.05, 4.69) is 9.88 Å². The van der Waals surface area contributed by atoms with Crippen LogP contribution in [0.25, 0.3) is 0 Å². The SMILES string of the molecule is Cn1ccnc1N1CC2CC2(C(=O)O)C1. The molecular formula is C10H13N3O2. The van der Waals surface area contributed by atoms with Gasteiger partial charge in [-0.1, -0.05) is 0 Å². The van der Waals surface area contributed by atoms with Crippen molar-refractivity contribution in [3.63, 3.8) is 0 Å². The van der Waals surface area contributed by atoms with Crippen molar-refractivity contribution in [2.75, 3.05) is 18.0 Å². The number of hydrogen-bond donors (Lipinski definition) is 1. The molecule has 2 aliphatic rings. The van der Waals surface area contributed by atoms with Gasteiger partial charge in [0.1, 0.15) is 0 Å². The standard InChI is InChI=1S/C10H13N3O2/c1-12-3-2-11-9(12)13-5-7-4-10(7,6-13)8(14)15/h2-3,7H,4-6H2,1H3,(H,14,15). The second-order valence-corrected chi connectivity index (χ2v) is 4.58. The largest absolute Gasteiger partial charge is 0.481 e. The lowest BCUT2D eigenvalue weighted by Crippen LogP contribution is -2.30.